The van der Waals surface area contributed by atoms with Crippen molar-refractivity contribution in [2.24, 2.45) is 0 Å². The number of carbonyl (C=O) groups is 1. The Kier molecular flexibility index (Phi) is 5.47. The van der Waals surface area contributed by atoms with Gasteiger partial charge in [0.15, 0.2) is 0 Å². The lowest BCUT2D eigenvalue weighted by atomic mass is 9.87. The molecule has 2 N–H and O–H groups in total. The Labute approximate surface area is 130 Å². The van der Waals surface area contributed by atoms with Crippen molar-refractivity contribution in [1.82, 2.24) is 5.48 Å². The highest BCUT2D eigenvalue weighted by Gasteiger charge is 2.27. The summed E-state index contributed by atoms with van der Waals surface area (Å²) in [6.45, 7) is 0. The second-order valence-electron chi connectivity index (χ2n) is 4.71. The molecule has 0 bridgehead atoms. The van der Waals surface area contributed by atoms with Gasteiger partial charge in [0.2, 0.25) is 5.91 Å². The molecule has 0 saturated heterocycles. The van der Waals surface area contributed by atoms with Gasteiger partial charge in [-0.15, -0.1) is 0 Å². The zero-order valence-corrected chi connectivity index (χ0v) is 12.8. The number of halogens is 2. The van der Waals surface area contributed by atoms with Crippen molar-refractivity contribution in [1.29, 1.82) is 0 Å². The number of hydrogen-bond acceptors (Lipinski definition) is 2. The molecule has 21 heavy (non-hydrogen) atoms. The van der Waals surface area contributed by atoms with E-state index in [1.165, 1.54) is 0 Å². The van der Waals surface area contributed by atoms with Crippen molar-refractivity contribution in [2.75, 3.05) is 0 Å². The maximum absolute atomic E-state index is 14.8. The Bertz CT molecular complexity index is 589. The van der Waals surface area contributed by atoms with Crippen molar-refractivity contribution in [2.45, 2.75) is 18.5 Å². The average molecular weight is 352 g/mol. The Morgan fingerprint density at radius 3 is 2.29 bits per heavy atom. The summed E-state index contributed by atoms with van der Waals surface area (Å²) in [5, 5.41) is 8.70. The minimum absolute atomic E-state index is 0.131. The molecule has 0 fully saturated rings. The second-order valence-corrected chi connectivity index (χ2v) is 5.63. The molecule has 2 rings (SSSR count). The van der Waals surface area contributed by atoms with Crippen LogP contribution < -0.4 is 5.48 Å². The fourth-order valence-electron chi connectivity index (χ4n) is 2.21. The van der Waals surface area contributed by atoms with Crippen LogP contribution in [0, 0.1) is 0 Å². The zero-order chi connectivity index (χ0) is 15.2. The van der Waals surface area contributed by atoms with E-state index in [2.05, 4.69) is 15.9 Å². The Hall–Kier alpha value is -1.72. The van der Waals surface area contributed by atoms with E-state index >= 15 is 0 Å². The van der Waals surface area contributed by atoms with E-state index in [1.54, 1.807) is 54.0 Å². The summed E-state index contributed by atoms with van der Waals surface area (Å²) in [6.07, 6.45) is -1.46. The van der Waals surface area contributed by atoms with Crippen LogP contribution in [-0.2, 0) is 4.79 Å². The number of benzene rings is 2. The van der Waals surface area contributed by atoms with E-state index in [9.17, 15) is 9.18 Å². The summed E-state index contributed by atoms with van der Waals surface area (Å²) >= 11 is 3.33. The van der Waals surface area contributed by atoms with Crippen LogP contribution in [0.3, 0.4) is 0 Å². The third kappa shape index (κ3) is 4.12. The molecule has 2 aromatic carbocycles. The summed E-state index contributed by atoms with van der Waals surface area (Å²) < 4.78 is 15.7. The molecule has 0 radical (unpaired) electrons. The van der Waals surface area contributed by atoms with Gasteiger partial charge in [-0.05, 0) is 23.3 Å². The minimum atomic E-state index is -1.33. The smallest absolute Gasteiger partial charge is 0.244 e. The lowest BCUT2D eigenvalue weighted by Gasteiger charge is -2.21. The number of amides is 1. The van der Waals surface area contributed by atoms with Crippen molar-refractivity contribution < 1.29 is 14.4 Å². The number of carbonyl (C=O) groups excluding carboxylic acids is 1. The van der Waals surface area contributed by atoms with E-state index in [-0.39, 0.29) is 6.42 Å². The predicted octanol–water partition coefficient (Wildman–Crippen LogP) is 4.14. The molecule has 1 amide bonds. The van der Waals surface area contributed by atoms with E-state index in [4.69, 9.17) is 5.21 Å². The fraction of sp³-hybridized carbons (Fsp3) is 0.188. The lowest BCUT2D eigenvalue weighted by molar-refractivity contribution is -0.130. The molecule has 3 nitrogen and oxygen atoms in total. The van der Waals surface area contributed by atoms with Crippen molar-refractivity contribution >= 4 is 21.8 Å². The lowest BCUT2D eigenvalue weighted by Crippen LogP contribution is -2.23. The summed E-state index contributed by atoms with van der Waals surface area (Å²) in [6, 6.07) is 15.9. The first-order valence-electron chi connectivity index (χ1n) is 6.49. The summed E-state index contributed by atoms with van der Waals surface area (Å²) in [7, 11) is 0. The summed E-state index contributed by atoms with van der Waals surface area (Å²) in [5.74, 6) is -1.27. The molecule has 110 valence electrons. The van der Waals surface area contributed by atoms with Gasteiger partial charge >= 0.3 is 0 Å². The fourth-order valence-corrected chi connectivity index (χ4v) is 2.48. The number of alkyl halides is 1. The molecule has 0 aliphatic carbocycles. The van der Waals surface area contributed by atoms with E-state index in [1.807, 2.05) is 6.07 Å². The highest BCUT2D eigenvalue weighted by Crippen LogP contribution is 2.37. The minimum Gasteiger partial charge on any atom is -0.289 e. The molecule has 0 aliphatic heterocycles. The molecule has 5 heteroatoms. The molecule has 0 spiro atoms. The average Bonchev–Trinajstić information content (AvgIpc) is 2.53. The number of nitrogens with one attached hydrogen (secondary N) is 1. The van der Waals surface area contributed by atoms with Gasteiger partial charge in [0, 0.05) is 16.8 Å². The van der Waals surface area contributed by atoms with Crippen LogP contribution in [-0.4, -0.2) is 11.1 Å². The van der Waals surface area contributed by atoms with Crippen LogP contribution in [0.25, 0.3) is 0 Å². The van der Waals surface area contributed by atoms with Crippen LogP contribution in [0.5, 0.6) is 0 Å². The SMILES string of the molecule is O=C(C[C@H](c1ccc(Br)cc1)[C@H](F)c1ccccc1)NO. The number of hydroxylamine groups is 1. The van der Waals surface area contributed by atoms with Crippen LogP contribution in [0.4, 0.5) is 4.39 Å². The van der Waals surface area contributed by atoms with Crippen molar-refractivity contribution in [3.8, 4) is 0 Å². The molecule has 2 aromatic rings. The number of rotatable bonds is 5. The van der Waals surface area contributed by atoms with Gasteiger partial charge in [0.25, 0.3) is 0 Å². The van der Waals surface area contributed by atoms with Gasteiger partial charge in [-0.2, -0.15) is 0 Å². The van der Waals surface area contributed by atoms with Gasteiger partial charge in [-0.1, -0.05) is 58.4 Å². The van der Waals surface area contributed by atoms with Gasteiger partial charge in [-0.25, -0.2) is 9.87 Å². The maximum Gasteiger partial charge on any atom is 0.244 e. The molecular weight excluding hydrogens is 337 g/mol. The standard InChI is InChI=1S/C16H15BrFNO2/c17-13-8-6-11(7-9-13)14(10-15(20)19-21)16(18)12-4-2-1-3-5-12/h1-9,14,16,21H,10H2,(H,19,20)/t14-,16-/m1/s1. The largest absolute Gasteiger partial charge is 0.289 e. The first-order valence-corrected chi connectivity index (χ1v) is 7.28. The highest BCUT2D eigenvalue weighted by molar-refractivity contribution is 9.10. The summed E-state index contributed by atoms with van der Waals surface area (Å²) in [4.78, 5) is 11.5. The van der Waals surface area contributed by atoms with E-state index in [0.717, 1.165) is 4.47 Å². The molecule has 0 saturated carbocycles. The molecule has 0 aliphatic rings. The Balaban J connectivity index is 2.31. The molecule has 0 heterocycles. The van der Waals surface area contributed by atoms with Crippen LogP contribution >= 0.6 is 15.9 Å². The van der Waals surface area contributed by atoms with Crippen LogP contribution in [0.2, 0.25) is 0 Å². The topological polar surface area (TPSA) is 49.3 Å². The molecular formula is C16H15BrFNO2. The third-order valence-corrected chi connectivity index (χ3v) is 3.83. The van der Waals surface area contributed by atoms with Gasteiger partial charge in [0.05, 0.1) is 0 Å². The van der Waals surface area contributed by atoms with Crippen LogP contribution in [0.15, 0.2) is 59.1 Å². The monoisotopic (exact) mass is 351 g/mol. The molecule has 0 unspecified atom stereocenters. The van der Waals surface area contributed by atoms with Crippen molar-refractivity contribution in [3.63, 3.8) is 0 Å². The molecule has 2 atom stereocenters. The van der Waals surface area contributed by atoms with Crippen molar-refractivity contribution in [3.05, 3.63) is 70.2 Å². The highest BCUT2D eigenvalue weighted by atomic mass is 79.9. The maximum atomic E-state index is 14.8. The number of hydrogen-bond donors (Lipinski definition) is 2. The Morgan fingerprint density at radius 2 is 1.71 bits per heavy atom. The predicted molar refractivity (Wildman–Crippen MR) is 81.7 cm³/mol. The zero-order valence-electron chi connectivity index (χ0n) is 11.2. The third-order valence-electron chi connectivity index (χ3n) is 3.30. The van der Waals surface area contributed by atoms with Gasteiger partial charge in [-0.3, -0.25) is 10.0 Å². The molecule has 0 aromatic heterocycles. The van der Waals surface area contributed by atoms with E-state index in [0.29, 0.717) is 11.1 Å². The van der Waals surface area contributed by atoms with Gasteiger partial charge in [0.1, 0.15) is 6.17 Å². The second kappa shape index (κ2) is 7.33. The Morgan fingerprint density at radius 1 is 1.10 bits per heavy atom. The first kappa shape index (κ1) is 15.7. The first-order chi connectivity index (χ1) is 10.1. The summed E-state index contributed by atoms with van der Waals surface area (Å²) in [5.41, 5.74) is 2.79. The van der Waals surface area contributed by atoms with E-state index < -0.39 is 18.0 Å². The van der Waals surface area contributed by atoms with Gasteiger partial charge < -0.3 is 0 Å². The quantitative estimate of drug-likeness (QED) is 0.628. The normalized spacial score (nSPS) is 13.5. The van der Waals surface area contributed by atoms with Crippen LogP contribution in [0.1, 0.15) is 29.6 Å².